The molecule has 0 radical (unpaired) electrons. The van der Waals surface area contributed by atoms with Crippen LogP contribution in [-0.4, -0.2) is 11.0 Å². The van der Waals surface area contributed by atoms with Gasteiger partial charge in [-0.25, -0.2) is 0 Å². The van der Waals surface area contributed by atoms with Gasteiger partial charge in [-0.2, -0.15) is 0 Å². The topological polar surface area (TPSA) is 62.5 Å². The highest BCUT2D eigenvalue weighted by atomic mass is 16.3. The van der Waals surface area contributed by atoms with E-state index in [0.29, 0.717) is 5.69 Å². The van der Waals surface area contributed by atoms with Crippen molar-refractivity contribution in [3.63, 3.8) is 0 Å². The first-order valence-corrected chi connectivity index (χ1v) is 6.29. The lowest BCUT2D eigenvalue weighted by Crippen LogP contribution is -2.14. The molecule has 1 aliphatic rings. The van der Waals surface area contributed by atoms with Crippen LogP contribution in [0.5, 0.6) is 5.75 Å². The number of amides is 1. The summed E-state index contributed by atoms with van der Waals surface area (Å²) in [6.07, 6.45) is 2.42. The molecular weight excluding hydrogens is 242 g/mol. The van der Waals surface area contributed by atoms with Gasteiger partial charge in [-0.15, -0.1) is 0 Å². The second-order valence-electron chi connectivity index (χ2n) is 4.92. The molecule has 1 aromatic carbocycles. The van der Waals surface area contributed by atoms with Gasteiger partial charge in [0.1, 0.15) is 11.5 Å². The molecule has 1 fully saturated rings. The number of phenols is 1. The molecule has 2 N–H and O–H groups in total. The van der Waals surface area contributed by atoms with Crippen LogP contribution >= 0.6 is 0 Å². The van der Waals surface area contributed by atoms with Gasteiger partial charge in [0.25, 0.3) is 0 Å². The number of nitrogens with one attached hydrogen (secondary N) is 1. The Morgan fingerprint density at radius 3 is 2.95 bits per heavy atom. The quantitative estimate of drug-likeness (QED) is 0.831. The molecule has 1 aliphatic carbocycles. The first-order valence-electron chi connectivity index (χ1n) is 6.29. The largest absolute Gasteiger partial charge is 0.505 e. The Labute approximate surface area is 111 Å². The van der Waals surface area contributed by atoms with Gasteiger partial charge in [0, 0.05) is 11.8 Å². The van der Waals surface area contributed by atoms with E-state index in [9.17, 15) is 9.90 Å². The number of anilines is 1. The minimum Gasteiger partial charge on any atom is -0.505 e. The number of aryl methyl sites for hydroxylation is 1. The molecule has 4 nitrogen and oxygen atoms in total. The predicted octanol–water partition coefficient (Wildman–Crippen LogP) is 3.04. The van der Waals surface area contributed by atoms with Gasteiger partial charge < -0.3 is 14.8 Å². The van der Waals surface area contributed by atoms with E-state index in [4.69, 9.17) is 4.42 Å². The minimum atomic E-state index is -0.0673. The highest BCUT2D eigenvalue weighted by molar-refractivity contribution is 5.96. The molecular formula is C15H15NO3. The zero-order valence-corrected chi connectivity index (χ0v) is 10.6. The van der Waals surface area contributed by atoms with Crippen molar-refractivity contribution in [3.05, 3.63) is 47.9 Å². The molecule has 4 heteroatoms. The fourth-order valence-electron chi connectivity index (χ4n) is 2.29. The summed E-state index contributed by atoms with van der Waals surface area (Å²) < 4.78 is 5.30. The molecule has 1 aromatic heterocycles. The molecule has 3 rings (SSSR count). The lowest BCUT2D eigenvalue weighted by Gasteiger charge is -2.08. The van der Waals surface area contributed by atoms with E-state index in [-0.39, 0.29) is 23.5 Å². The van der Waals surface area contributed by atoms with Crippen LogP contribution in [0.15, 0.2) is 41.0 Å². The molecule has 2 aromatic rings. The number of carbonyl (C=O) groups excluding carboxylic acids is 1. The number of hydrogen-bond acceptors (Lipinski definition) is 3. The number of rotatable bonds is 3. The molecule has 1 saturated carbocycles. The summed E-state index contributed by atoms with van der Waals surface area (Å²) >= 11 is 0. The smallest absolute Gasteiger partial charge is 0.228 e. The van der Waals surface area contributed by atoms with Crippen LogP contribution in [0.25, 0.3) is 0 Å². The molecule has 19 heavy (non-hydrogen) atoms. The standard InChI is InChI=1S/C15H15NO3/c1-9-4-2-5-12(14(9)17)16-15(18)11-8-10(11)13-6-3-7-19-13/h2-7,10-11,17H,8H2,1H3,(H,16,18). The van der Waals surface area contributed by atoms with E-state index in [1.165, 1.54) is 0 Å². The van der Waals surface area contributed by atoms with Crippen molar-refractivity contribution < 1.29 is 14.3 Å². The lowest BCUT2D eigenvalue weighted by molar-refractivity contribution is -0.117. The Balaban J connectivity index is 1.69. The summed E-state index contributed by atoms with van der Waals surface area (Å²) in [6, 6.07) is 9.02. The Kier molecular flexibility index (Phi) is 2.78. The third kappa shape index (κ3) is 2.21. The number of hydrogen-bond donors (Lipinski definition) is 2. The Hall–Kier alpha value is -2.23. The van der Waals surface area contributed by atoms with Crippen molar-refractivity contribution >= 4 is 11.6 Å². The van der Waals surface area contributed by atoms with Crippen LogP contribution in [0, 0.1) is 12.8 Å². The average Bonchev–Trinajstić information content (AvgIpc) is 3.02. The van der Waals surface area contributed by atoms with Gasteiger partial charge in [-0.3, -0.25) is 4.79 Å². The molecule has 0 aliphatic heterocycles. The maximum Gasteiger partial charge on any atom is 0.228 e. The number of aromatic hydroxyl groups is 1. The highest BCUT2D eigenvalue weighted by Crippen LogP contribution is 2.48. The fourth-order valence-corrected chi connectivity index (χ4v) is 2.29. The summed E-state index contributed by atoms with van der Waals surface area (Å²) in [7, 11) is 0. The van der Waals surface area contributed by atoms with Gasteiger partial charge in [-0.1, -0.05) is 12.1 Å². The Morgan fingerprint density at radius 1 is 1.37 bits per heavy atom. The van der Waals surface area contributed by atoms with Crippen LogP contribution in [-0.2, 0) is 4.79 Å². The molecule has 0 bridgehead atoms. The van der Waals surface area contributed by atoms with E-state index >= 15 is 0 Å². The van der Waals surface area contributed by atoms with Gasteiger partial charge in [0.05, 0.1) is 12.0 Å². The number of phenolic OH excluding ortho intramolecular Hbond substituents is 1. The zero-order valence-electron chi connectivity index (χ0n) is 10.6. The summed E-state index contributed by atoms with van der Waals surface area (Å²) in [6.45, 7) is 1.80. The molecule has 0 saturated heterocycles. The third-order valence-corrected chi connectivity index (χ3v) is 3.53. The number of furan rings is 1. The summed E-state index contributed by atoms with van der Waals surface area (Å²) in [5, 5.41) is 12.6. The summed E-state index contributed by atoms with van der Waals surface area (Å²) in [4.78, 5) is 12.1. The summed E-state index contributed by atoms with van der Waals surface area (Å²) in [5.74, 6) is 1.02. The second-order valence-corrected chi connectivity index (χ2v) is 4.92. The van der Waals surface area contributed by atoms with Gasteiger partial charge in [0.15, 0.2) is 0 Å². The first-order chi connectivity index (χ1) is 9.16. The number of carbonyl (C=O) groups is 1. The first kappa shape index (κ1) is 11.8. The maximum atomic E-state index is 12.1. The van der Waals surface area contributed by atoms with E-state index in [2.05, 4.69) is 5.32 Å². The number of para-hydroxylation sites is 1. The van der Waals surface area contributed by atoms with Crippen molar-refractivity contribution in [2.24, 2.45) is 5.92 Å². The normalized spacial score (nSPS) is 21.1. The zero-order chi connectivity index (χ0) is 13.4. The van der Waals surface area contributed by atoms with E-state index < -0.39 is 0 Å². The van der Waals surface area contributed by atoms with Crippen LogP contribution < -0.4 is 5.32 Å². The number of benzene rings is 1. The summed E-state index contributed by atoms with van der Waals surface area (Å²) in [5.41, 5.74) is 1.21. The molecule has 1 heterocycles. The molecule has 98 valence electrons. The molecule has 2 unspecified atom stereocenters. The maximum absolute atomic E-state index is 12.1. The SMILES string of the molecule is Cc1cccc(NC(=O)C2CC2c2ccco2)c1O. The van der Waals surface area contributed by atoms with Crippen molar-refractivity contribution in [1.29, 1.82) is 0 Å². The predicted molar refractivity (Wildman–Crippen MR) is 71.0 cm³/mol. The molecule has 0 spiro atoms. The third-order valence-electron chi connectivity index (χ3n) is 3.53. The van der Waals surface area contributed by atoms with E-state index in [1.807, 2.05) is 18.2 Å². The Bertz CT molecular complexity index is 604. The van der Waals surface area contributed by atoms with Crippen LogP contribution in [0.1, 0.15) is 23.7 Å². The van der Waals surface area contributed by atoms with E-state index in [1.54, 1.807) is 25.3 Å². The van der Waals surface area contributed by atoms with Crippen LogP contribution in [0.4, 0.5) is 5.69 Å². The highest BCUT2D eigenvalue weighted by Gasteiger charge is 2.45. The minimum absolute atomic E-state index is 0.0638. The van der Waals surface area contributed by atoms with Crippen molar-refractivity contribution in [1.82, 2.24) is 0 Å². The van der Waals surface area contributed by atoms with Crippen molar-refractivity contribution in [3.8, 4) is 5.75 Å². The fraction of sp³-hybridized carbons (Fsp3) is 0.267. The Morgan fingerprint density at radius 2 is 2.21 bits per heavy atom. The van der Waals surface area contributed by atoms with E-state index in [0.717, 1.165) is 17.7 Å². The monoisotopic (exact) mass is 257 g/mol. The van der Waals surface area contributed by atoms with Gasteiger partial charge in [-0.05, 0) is 37.1 Å². The second kappa shape index (κ2) is 4.46. The molecule has 1 amide bonds. The van der Waals surface area contributed by atoms with Crippen molar-refractivity contribution in [2.45, 2.75) is 19.3 Å². The van der Waals surface area contributed by atoms with Gasteiger partial charge in [0.2, 0.25) is 5.91 Å². The van der Waals surface area contributed by atoms with Crippen LogP contribution in [0.2, 0.25) is 0 Å². The van der Waals surface area contributed by atoms with Crippen LogP contribution in [0.3, 0.4) is 0 Å². The molecule has 2 atom stereocenters. The average molecular weight is 257 g/mol. The lowest BCUT2D eigenvalue weighted by atomic mass is 10.2. The van der Waals surface area contributed by atoms with Gasteiger partial charge >= 0.3 is 0 Å². The van der Waals surface area contributed by atoms with Crippen molar-refractivity contribution in [2.75, 3.05) is 5.32 Å².